The molecule has 0 aliphatic heterocycles. The third-order valence-corrected chi connectivity index (χ3v) is 2.21. The van der Waals surface area contributed by atoms with Crippen molar-refractivity contribution in [1.29, 1.82) is 0 Å². The van der Waals surface area contributed by atoms with E-state index >= 15 is 0 Å². The summed E-state index contributed by atoms with van der Waals surface area (Å²) < 4.78 is 2.28. The minimum atomic E-state index is -1.12. The molecule has 0 amide bonds. The molecule has 2 heterocycles. The van der Waals surface area contributed by atoms with Crippen LogP contribution in [0.15, 0.2) is 16.7 Å². The quantitative estimate of drug-likeness (QED) is 0.839. The van der Waals surface area contributed by atoms with E-state index in [1.54, 1.807) is 6.20 Å². The van der Waals surface area contributed by atoms with Crippen molar-refractivity contribution in [3.8, 4) is 0 Å². The second-order valence-corrected chi connectivity index (χ2v) is 3.77. The van der Waals surface area contributed by atoms with Gasteiger partial charge in [0.05, 0.1) is 0 Å². The van der Waals surface area contributed by atoms with Crippen molar-refractivity contribution in [3.63, 3.8) is 0 Å². The lowest BCUT2D eigenvalue weighted by atomic mass is 10.3. The van der Waals surface area contributed by atoms with Gasteiger partial charge in [-0.05, 0) is 34.5 Å². The molecule has 14 heavy (non-hydrogen) atoms. The fourth-order valence-corrected chi connectivity index (χ4v) is 1.74. The zero-order valence-electron chi connectivity index (χ0n) is 7.23. The number of halogens is 1. The van der Waals surface area contributed by atoms with Crippen LogP contribution in [0.1, 0.15) is 16.2 Å². The van der Waals surface area contributed by atoms with Crippen molar-refractivity contribution in [2.24, 2.45) is 0 Å². The van der Waals surface area contributed by atoms with Gasteiger partial charge in [0.2, 0.25) is 0 Å². The number of aromatic nitrogens is 3. The van der Waals surface area contributed by atoms with E-state index in [0.717, 1.165) is 10.0 Å². The van der Waals surface area contributed by atoms with Crippen molar-refractivity contribution in [2.75, 3.05) is 0 Å². The maximum Gasteiger partial charge on any atom is 0.375 e. The Kier molecular flexibility index (Phi) is 1.99. The first-order valence-corrected chi connectivity index (χ1v) is 4.63. The molecule has 2 rings (SSSR count). The van der Waals surface area contributed by atoms with Gasteiger partial charge in [-0.15, -0.1) is 5.10 Å². The SMILES string of the molecule is Cc1cc(Br)cn2nc(C(=O)O)nc12. The predicted molar refractivity (Wildman–Crippen MR) is 52.4 cm³/mol. The molecular formula is C8H6BrN3O2. The van der Waals surface area contributed by atoms with Crippen LogP contribution < -0.4 is 0 Å². The van der Waals surface area contributed by atoms with Crippen LogP contribution in [-0.4, -0.2) is 25.7 Å². The number of aryl methyl sites for hydroxylation is 1. The molecule has 0 aromatic carbocycles. The van der Waals surface area contributed by atoms with Crippen molar-refractivity contribution in [2.45, 2.75) is 6.92 Å². The standard InChI is InChI=1S/C8H6BrN3O2/c1-4-2-5(9)3-12-7(4)10-6(11-12)8(13)14/h2-3H,1H3,(H,13,14). The average molecular weight is 256 g/mol. The summed E-state index contributed by atoms with van der Waals surface area (Å²) in [5.41, 5.74) is 1.44. The second kappa shape index (κ2) is 3.06. The molecule has 0 aliphatic carbocycles. The summed E-state index contributed by atoms with van der Waals surface area (Å²) in [6.45, 7) is 1.85. The monoisotopic (exact) mass is 255 g/mol. The van der Waals surface area contributed by atoms with E-state index in [9.17, 15) is 4.79 Å². The highest BCUT2D eigenvalue weighted by molar-refractivity contribution is 9.10. The lowest BCUT2D eigenvalue weighted by Crippen LogP contribution is -1.99. The lowest BCUT2D eigenvalue weighted by Gasteiger charge is -1.96. The average Bonchev–Trinajstić information content (AvgIpc) is 2.47. The number of carboxylic acid groups (broad SMARTS) is 1. The Morgan fingerprint density at radius 2 is 2.36 bits per heavy atom. The number of hydrogen-bond donors (Lipinski definition) is 1. The number of pyridine rings is 1. The minimum absolute atomic E-state index is 0.189. The Morgan fingerprint density at radius 1 is 1.64 bits per heavy atom. The first-order valence-electron chi connectivity index (χ1n) is 3.84. The maximum absolute atomic E-state index is 10.6. The summed E-state index contributed by atoms with van der Waals surface area (Å²) in [7, 11) is 0. The highest BCUT2D eigenvalue weighted by atomic mass is 79.9. The Hall–Kier alpha value is -1.43. The molecule has 0 bridgehead atoms. The first kappa shape index (κ1) is 9.14. The molecule has 0 aliphatic rings. The van der Waals surface area contributed by atoms with Crippen LogP contribution >= 0.6 is 15.9 Å². The molecule has 0 fully saturated rings. The third kappa shape index (κ3) is 1.37. The topological polar surface area (TPSA) is 67.5 Å². The number of carboxylic acids is 1. The number of aromatic carboxylic acids is 1. The third-order valence-electron chi connectivity index (χ3n) is 1.78. The Balaban J connectivity index is 2.76. The summed E-state index contributed by atoms with van der Waals surface area (Å²) in [5, 5.41) is 12.5. The fourth-order valence-electron chi connectivity index (χ4n) is 1.20. The maximum atomic E-state index is 10.6. The number of nitrogens with zero attached hydrogens (tertiary/aromatic N) is 3. The first-order chi connectivity index (χ1) is 6.58. The van der Waals surface area contributed by atoms with Crippen LogP contribution in [0.3, 0.4) is 0 Å². The molecule has 72 valence electrons. The minimum Gasteiger partial charge on any atom is -0.475 e. The van der Waals surface area contributed by atoms with Gasteiger partial charge in [-0.25, -0.2) is 14.3 Å². The van der Waals surface area contributed by atoms with Crippen molar-refractivity contribution in [3.05, 3.63) is 28.1 Å². The van der Waals surface area contributed by atoms with E-state index in [0.29, 0.717) is 5.65 Å². The van der Waals surface area contributed by atoms with E-state index in [1.807, 2.05) is 13.0 Å². The highest BCUT2D eigenvalue weighted by Gasteiger charge is 2.12. The Bertz CT molecular complexity index is 521. The molecule has 2 aromatic heterocycles. The number of hydrogen-bond acceptors (Lipinski definition) is 3. The summed E-state index contributed by atoms with van der Waals surface area (Å²) in [4.78, 5) is 14.5. The van der Waals surface area contributed by atoms with Gasteiger partial charge >= 0.3 is 5.97 Å². The van der Waals surface area contributed by atoms with E-state index in [2.05, 4.69) is 26.0 Å². The summed E-state index contributed by atoms with van der Waals surface area (Å²) in [5.74, 6) is -1.31. The Morgan fingerprint density at radius 3 is 3.00 bits per heavy atom. The molecule has 5 nitrogen and oxygen atoms in total. The van der Waals surface area contributed by atoms with E-state index < -0.39 is 5.97 Å². The van der Waals surface area contributed by atoms with Crippen LogP contribution in [-0.2, 0) is 0 Å². The van der Waals surface area contributed by atoms with Crippen molar-refractivity contribution >= 4 is 27.5 Å². The smallest absolute Gasteiger partial charge is 0.375 e. The van der Waals surface area contributed by atoms with Gasteiger partial charge in [-0.3, -0.25) is 0 Å². The van der Waals surface area contributed by atoms with Crippen LogP contribution in [0, 0.1) is 6.92 Å². The summed E-state index contributed by atoms with van der Waals surface area (Å²) in [6.07, 6.45) is 1.67. The molecule has 0 unspecified atom stereocenters. The molecule has 1 N–H and O–H groups in total. The van der Waals surface area contributed by atoms with Crippen molar-refractivity contribution < 1.29 is 9.90 Å². The molecule has 0 saturated heterocycles. The zero-order chi connectivity index (χ0) is 10.3. The van der Waals surface area contributed by atoms with Crippen LogP contribution in [0.4, 0.5) is 0 Å². The van der Waals surface area contributed by atoms with Gasteiger partial charge in [-0.1, -0.05) is 0 Å². The lowest BCUT2D eigenvalue weighted by molar-refractivity contribution is 0.0684. The number of fused-ring (bicyclic) bond motifs is 1. The summed E-state index contributed by atoms with van der Waals surface area (Å²) >= 11 is 3.29. The number of carbonyl (C=O) groups is 1. The molecule has 2 aromatic rings. The van der Waals surface area contributed by atoms with E-state index in [-0.39, 0.29) is 5.82 Å². The van der Waals surface area contributed by atoms with Gasteiger partial charge in [-0.2, -0.15) is 0 Å². The predicted octanol–water partition coefficient (Wildman–Crippen LogP) is 1.50. The molecular weight excluding hydrogens is 250 g/mol. The van der Waals surface area contributed by atoms with Gasteiger partial charge in [0.1, 0.15) is 0 Å². The molecule has 0 atom stereocenters. The van der Waals surface area contributed by atoms with Crippen LogP contribution in [0.2, 0.25) is 0 Å². The van der Waals surface area contributed by atoms with E-state index in [1.165, 1.54) is 4.52 Å². The van der Waals surface area contributed by atoms with Crippen LogP contribution in [0.5, 0.6) is 0 Å². The number of rotatable bonds is 1. The second-order valence-electron chi connectivity index (χ2n) is 2.85. The summed E-state index contributed by atoms with van der Waals surface area (Å²) in [6, 6.07) is 1.86. The van der Waals surface area contributed by atoms with Crippen LogP contribution in [0.25, 0.3) is 5.65 Å². The fraction of sp³-hybridized carbons (Fsp3) is 0.125. The van der Waals surface area contributed by atoms with Gasteiger partial charge < -0.3 is 5.11 Å². The Labute approximate surface area is 87.5 Å². The van der Waals surface area contributed by atoms with E-state index in [4.69, 9.17) is 5.11 Å². The highest BCUT2D eigenvalue weighted by Crippen LogP contribution is 2.15. The largest absolute Gasteiger partial charge is 0.475 e. The molecule has 0 radical (unpaired) electrons. The van der Waals surface area contributed by atoms with Gasteiger partial charge in [0.25, 0.3) is 5.82 Å². The van der Waals surface area contributed by atoms with Crippen molar-refractivity contribution in [1.82, 2.24) is 14.6 Å². The molecule has 6 heteroatoms. The van der Waals surface area contributed by atoms with Gasteiger partial charge in [0, 0.05) is 10.7 Å². The normalized spacial score (nSPS) is 10.7. The zero-order valence-corrected chi connectivity index (χ0v) is 8.82. The molecule has 0 saturated carbocycles. The van der Waals surface area contributed by atoms with Gasteiger partial charge in [0.15, 0.2) is 5.65 Å². The molecule has 0 spiro atoms.